The molecule has 2 saturated heterocycles. The first-order valence-electron chi connectivity index (χ1n) is 8.49. The van der Waals surface area contributed by atoms with Crippen LogP contribution in [-0.4, -0.2) is 49.4 Å². The van der Waals surface area contributed by atoms with Gasteiger partial charge in [0.1, 0.15) is 0 Å². The topological polar surface area (TPSA) is 57.7 Å². The van der Waals surface area contributed by atoms with Crippen molar-refractivity contribution in [3.05, 3.63) is 65.2 Å². The standard InChI is InChI=1S/C19H19ClN2O3S/c20-15-8-6-14(7-9-15)10-21-11-19(23)22(16-4-2-1-3-5-16)18-13-26(24,25)12-17(18)21/h1-9,17-18H,10-13H2/t17-,18+/m0/s1. The summed E-state index contributed by atoms with van der Waals surface area (Å²) in [6.45, 7) is 0.733. The number of sulfone groups is 1. The molecular weight excluding hydrogens is 372 g/mol. The van der Waals surface area contributed by atoms with E-state index in [1.54, 1.807) is 4.90 Å². The number of anilines is 1. The minimum absolute atomic E-state index is 0.00934. The van der Waals surface area contributed by atoms with Gasteiger partial charge in [-0.2, -0.15) is 0 Å². The Balaban J connectivity index is 1.65. The fourth-order valence-electron chi connectivity index (χ4n) is 3.88. The fraction of sp³-hybridized carbons (Fsp3) is 0.316. The lowest BCUT2D eigenvalue weighted by molar-refractivity contribution is -0.123. The Bertz CT molecular complexity index is 916. The summed E-state index contributed by atoms with van der Waals surface area (Å²) in [5, 5.41) is 0.653. The number of halogens is 1. The maximum atomic E-state index is 12.9. The highest BCUT2D eigenvalue weighted by atomic mass is 35.5. The zero-order chi connectivity index (χ0) is 18.3. The molecule has 0 radical (unpaired) electrons. The van der Waals surface area contributed by atoms with Gasteiger partial charge in [-0.3, -0.25) is 9.69 Å². The number of amides is 1. The molecule has 2 aliphatic rings. The Morgan fingerprint density at radius 3 is 2.31 bits per heavy atom. The summed E-state index contributed by atoms with van der Waals surface area (Å²) in [5.74, 6) is 0.0283. The van der Waals surface area contributed by atoms with E-state index < -0.39 is 9.84 Å². The van der Waals surface area contributed by atoms with E-state index in [4.69, 9.17) is 11.6 Å². The van der Waals surface area contributed by atoms with Crippen LogP contribution in [0.25, 0.3) is 0 Å². The molecule has 2 heterocycles. The average Bonchev–Trinajstić information content (AvgIpc) is 2.93. The van der Waals surface area contributed by atoms with E-state index in [2.05, 4.69) is 0 Å². The van der Waals surface area contributed by atoms with Gasteiger partial charge >= 0.3 is 0 Å². The molecule has 0 aliphatic carbocycles. The Morgan fingerprint density at radius 1 is 0.962 bits per heavy atom. The van der Waals surface area contributed by atoms with E-state index in [-0.39, 0.29) is 36.0 Å². The average molecular weight is 391 g/mol. The van der Waals surface area contributed by atoms with Crippen molar-refractivity contribution in [1.29, 1.82) is 0 Å². The van der Waals surface area contributed by atoms with E-state index in [0.29, 0.717) is 11.6 Å². The Kier molecular flexibility index (Phi) is 4.50. The summed E-state index contributed by atoms with van der Waals surface area (Å²) >= 11 is 5.94. The van der Waals surface area contributed by atoms with Gasteiger partial charge < -0.3 is 4.90 Å². The van der Waals surface area contributed by atoms with Gasteiger partial charge in [0, 0.05) is 23.3 Å². The Morgan fingerprint density at radius 2 is 1.62 bits per heavy atom. The van der Waals surface area contributed by atoms with Crippen LogP contribution in [0.5, 0.6) is 0 Å². The maximum Gasteiger partial charge on any atom is 0.241 e. The minimum Gasteiger partial charge on any atom is -0.306 e. The monoisotopic (exact) mass is 390 g/mol. The first-order chi connectivity index (χ1) is 12.4. The molecule has 2 aromatic carbocycles. The van der Waals surface area contributed by atoms with Gasteiger partial charge in [0.25, 0.3) is 0 Å². The SMILES string of the molecule is O=C1CN(Cc2ccc(Cl)cc2)[C@H]2CS(=O)(=O)C[C@H]2N1c1ccccc1. The summed E-state index contributed by atoms with van der Waals surface area (Å²) in [5.41, 5.74) is 1.77. The first kappa shape index (κ1) is 17.5. The summed E-state index contributed by atoms with van der Waals surface area (Å²) < 4.78 is 24.7. The number of carbonyl (C=O) groups excluding carboxylic acids is 1. The molecule has 2 aliphatic heterocycles. The normalized spacial score (nSPS) is 25.3. The van der Waals surface area contributed by atoms with Gasteiger partial charge in [-0.25, -0.2) is 8.42 Å². The molecule has 2 atom stereocenters. The number of hydrogen-bond acceptors (Lipinski definition) is 4. The van der Waals surface area contributed by atoms with E-state index in [0.717, 1.165) is 11.3 Å². The molecule has 0 unspecified atom stereocenters. The van der Waals surface area contributed by atoms with Crippen LogP contribution in [0, 0.1) is 0 Å². The molecule has 0 bridgehead atoms. The van der Waals surface area contributed by atoms with Crippen LogP contribution >= 0.6 is 11.6 Å². The summed E-state index contributed by atoms with van der Waals surface area (Å²) in [6.07, 6.45) is 0. The van der Waals surface area contributed by atoms with Crippen molar-refractivity contribution >= 4 is 33.0 Å². The highest BCUT2D eigenvalue weighted by Crippen LogP contribution is 2.32. The van der Waals surface area contributed by atoms with Crippen molar-refractivity contribution in [2.75, 3.05) is 23.0 Å². The number of nitrogens with zero attached hydrogens (tertiary/aromatic N) is 2. The summed E-state index contributed by atoms with van der Waals surface area (Å²) in [6, 6.07) is 16.2. The van der Waals surface area contributed by atoms with Crippen LogP contribution in [0.4, 0.5) is 5.69 Å². The predicted molar refractivity (Wildman–Crippen MR) is 102 cm³/mol. The number of hydrogen-bond donors (Lipinski definition) is 0. The lowest BCUT2D eigenvalue weighted by Crippen LogP contribution is -2.61. The van der Waals surface area contributed by atoms with Crippen LogP contribution in [0.2, 0.25) is 5.02 Å². The number of piperazine rings is 1. The highest BCUT2D eigenvalue weighted by Gasteiger charge is 2.49. The number of para-hydroxylation sites is 1. The zero-order valence-electron chi connectivity index (χ0n) is 14.1. The van der Waals surface area contributed by atoms with Gasteiger partial charge in [0.2, 0.25) is 5.91 Å². The number of benzene rings is 2. The molecule has 136 valence electrons. The molecule has 0 saturated carbocycles. The van der Waals surface area contributed by atoms with Gasteiger partial charge in [0.05, 0.1) is 24.1 Å². The van der Waals surface area contributed by atoms with Gasteiger partial charge in [-0.15, -0.1) is 0 Å². The number of carbonyl (C=O) groups is 1. The van der Waals surface area contributed by atoms with Crippen molar-refractivity contribution in [3.8, 4) is 0 Å². The molecule has 26 heavy (non-hydrogen) atoms. The predicted octanol–water partition coefficient (Wildman–Crippen LogP) is 2.35. The molecule has 2 fully saturated rings. The van der Waals surface area contributed by atoms with Crippen molar-refractivity contribution in [3.63, 3.8) is 0 Å². The number of rotatable bonds is 3. The van der Waals surface area contributed by atoms with Crippen molar-refractivity contribution < 1.29 is 13.2 Å². The third-order valence-electron chi connectivity index (χ3n) is 5.03. The quantitative estimate of drug-likeness (QED) is 0.807. The van der Waals surface area contributed by atoms with Gasteiger partial charge in [-0.05, 0) is 29.8 Å². The van der Waals surface area contributed by atoms with Crippen LogP contribution in [0.15, 0.2) is 54.6 Å². The maximum absolute atomic E-state index is 12.9. The first-order valence-corrected chi connectivity index (χ1v) is 10.7. The molecule has 4 rings (SSSR count). The second-order valence-electron chi connectivity index (χ2n) is 6.84. The van der Waals surface area contributed by atoms with E-state index in [1.807, 2.05) is 59.5 Å². The molecular formula is C19H19ClN2O3S. The number of fused-ring (bicyclic) bond motifs is 1. The lowest BCUT2D eigenvalue weighted by Gasteiger charge is -2.43. The van der Waals surface area contributed by atoms with Crippen LogP contribution in [-0.2, 0) is 21.2 Å². The lowest BCUT2D eigenvalue weighted by atomic mass is 10.0. The highest BCUT2D eigenvalue weighted by molar-refractivity contribution is 7.91. The van der Waals surface area contributed by atoms with E-state index >= 15 is 0 Å². The van der Waals surface area contributed by atoms with Crippen molar-refractivity contribution in [1.82, 2.24) is 4.90 Å². The van der Waals surface area contributed by atoms with Crippen LogP contribution in [0.3, 0.4) is 0 Å². The molecule has 5 nitrogen and oxygen atoms in total. The van der Waals surface area contributed by atoms with E-state index in [1.165, 1.54) is 0 Å². The Hall–Kier alpha value is -1.89. The van der Waals surface area contributed by atoms with E-state index in [9.17, 15) is 13.2 Å². The van der Waals surface area contributed by atoms with Crippen molar-refractivity contribution in [2.24, 2.45) is 0 Å². The Labute approximate surface area is 158 Å². The molecule has 0 N–H and O–H groups in total. The van der Waals surface area contributed by atoms with Crippen LogP contribution in [0.1, 0.15) is 5.56 Å². The second-order valence-corrected chi connectivity index (χ2v) is 9.43. The summed E-state index contributed by atoms with van der Waals surface area (Å²) in [7, 11) is -3.18. The smallest absolute Gasteiger partial charge is 0.241 e. The fourth-order valence-corrected chi connectivity index (χ4v) is 5.99. The molecule has 1 amide bonds. The molecule has 0 aromatic heterocycles. The molecule has 0 spiro atoms. The summed E-state index contributed by atoms with van der Waals surface area (Å²) in [4.78, 5) is 16.5. The van der Waals surface area contributed by atoms with Gasteiger partial charge in [0.15, 0.2) is 9.84 Å². The van der Waals surface area contributed by atoms with Gasteiger partial charge in [-0.1, -0.05) is 41.9 Å². The third kappa shape index (κ3) is 3.37. The van der Waals surface area contributed by atoms with Crippen molar-refractivity contribution in [2.45, 2.75) is 18.6 Å². The molecule has 2 aromatic rings. The zero-order valence-corrected chi connectivity index (χ0v) is 15.7. The molecule has 7 heteroatoms. The minimum atomic E-state index is -3.18. The van der Waals surface area contributed by atoms with Crippen LogP contribution < -0.4 is 4.90 Å². The second kappa shape index (κ2) is 6.68. The largest absolute Gasteiger partial charge is 0.306 e. The third-order valence-corrected chi connectivity index (χ3v) is 6.99.